The van der Waals surface area contributed by atoms with E-state index in [-0.39, 0.29) is 5.82 Å². The summed E-state index contributed by atoms with van der Waals surface area (Å²) in [7, 11) is 0. The molecule has 2 aromatic rings. The maximum absolute atomic E-state index is 13.5. The lowest BCUT2D eigenvalue weighted by atomic mass is 10.1. The highest BCUT2D eigenvalue weighted by Gasteiger charge is 2.05. The van der Waals surface area contributed by atoms with Crippen molar-refractivity contribution in [2.75, 3.05) is 0 Å². The summed E-state index contributed by atoms with van der Waals surface area (Å²) in [6.45, 7) is 0. The van der Waals surface area contributed by atoms with E-state index in [1.807, 2.05) is 18.2 Å². The summed E-state index contributed by atoms with van der Waals surface area (Å²) < 4.78 is 14.4. The molecule has 1 heterocycles. The Kier molecular flexibility index (Phi) is 4.34. The molecule has 0 unspecified atom stereocenters. The van der Waals surface area contributed by atoms with Gasteiger partial charge in [-0.3, -0.25) is 0 Å². The molecule has 0 bridgehead atoms. The standard InChI is InChI=1S/C13H8BrFN2S/c14-11-2-4-13(17-7-11)18-8-10-5-9(6-16)1-3-12(10)15/h1-5,7H,8H2. The number of nitrogens with zero attached hydrogens (tertiary/aromatic N) is 2. The van der Waals surface area contributed by atoms with E-state index >= 15 is 0 Å². The third-order valence-electron chi connectivity index (χ3n) is 2.25. The van der Waals surface area contributed by atoms with Crippen LogP contribution in [0.3, 0.4) is 0 Å². The molecule has 0 amide bonds. The summed E-state index contributed by atoms with van der Waals surface area (Å²) in [6, 6.07) is 10.1. The van der Waals surface area contributed by atoms with Crippen LogP contribution in [-0.2, 0) is 5.75 Å². The molecule has 90 valence electrons. The van der Waals surface area contributed by atoms with Crippen LogP contribution in [0.25, 0.3) is 0 Å². The molecule has 5 heteroatoms. The van der Waals surface area contributed by atoms with Crippen LogP contribution in [-0.4, -0.2) is 4.98 Å². The molecular weight excluding hydrogens is 315 g/mol. The maximum atomic E-state index is 13.5. The van der Waals surface area contributed by atoms with Crippen molar-refractivity contribution in [3.8, 4) is 6.07 Å². The van der Waals surface area contributed by atoms with Gasteiger partial charge in [-0.15, -0.1) is 11.8 Å². The average Bonchev–Trinajstić information content (AvgIpc) is 2.40. The lowest BCUT2D eigenvalue weighted by Crippen LogP contribution is -1.90. The zero-order valence-corrected chi connectivity index (χ0v) is 11.6. The molecule has 0 radical (unpaired) electrons. The van der Waals surface area contributed by atoms with E-state index in [0.29, 0.717) is 16.9 Å². The first-order valence-corrected chi connectivity index (χ1v) is 6.90. The van der Waals surface area contributed by atoms with Crippen LogP contribution >= 0.6 is 27.7 Å². The van der Waals surface area contributed by atoms with Gasteiger partial charge in [-0.1, -0.05) is 0 Å². The van der Waals surface area contributed by atoms with E-state index in [1.165, 1.54) is 23.9 Å². The molecule has 0 fully saturated rings. The second-order valence-corrected chi connectivity index (χ2v) is 5.43. The average molecular weight is 323 g/mol. The first kappa shape index (κ1) is 13.1. The molecule has 1 aromatic carbocycles. The number of hydrogen-bond acceptors (Lipinski definition) is 3. The second kappa shape index (κ2) is 5.98. The molecule has 0 aliphatic rings. The summed E-state index contributed by atoms with van der Waals surface area (Å²) in [4.78, 5) is 4.19. The Bertz CT molecular complexity index is 593. The summed E-state index contributed by atoms with van der Waals surface area (Å²) in [6.07, 6.45) is 1.70. The predicted octanol–water partition coefficient (Wildman–Crippen LogP) is 4.15. The highest BCUT2D eigenvalue weighted by atomic mass is 79.9. The van der Waals surface area contributed by atoms with E-state index in [9.17, 15) is 4.39 Å². The Labute approximate surface area is 117 Å². The van der Waals surface area contributed by atoms with E-state index in [0.717, 1.165) is 9.50 Å². The molecule has 0 saturated heterocycles. The van der Waals surface area contributed by atoms with Crippen molar-refractivity contribution >= 4 is 27.7 Å². The van der Waals surface area contributed by atoms with Gasteiger partial charge in [0.15, 0.2) is 0 Å². The van der Waals surface area contributed by atoms with Crippen molar-refractivity contribution in [2.24, 2.45) is 0 Å². The van der Waals surface area contributed by atoms with Crippen molar-refractivity contribution in [3.05, 3.63) is 57.9 Å². The van der Waals surface area contributed by atoms with Crippen LogP contribution in [0, 0.1) is 17.1 Å². The molecule has 0 atom stereocenters. The number of aromatic nitrogens is 1. The lowest BCUT2D eigenvalue weighted by molar-refractivity contribution is 0.617. The molecular formula is C13H8BrFN2S. The zero-order valence-electron chi connectivity index (χ0n) is 9.23. The molecule has 0 aliphatic heterocycles. The monoisotopic (exact) mass is 322 g/mol. The zero-order chi connectivity index (χ0) is 13.0. The van der Waals surface area contributed by atoms with Crippen molar-refractivity contribution in [3.63, 3.8) is 0 Å². The fraction of sp³-hybridized carbons (Fsp3) is 0.0769. The molecule has 0 spiro atoms. The summed E-state index contributed by atoms with van der Waals surface area (Å²) in [5.41, 5.74) is 0.986. The Morgan fingerprint density at radius 3 is 2.83 bits per heavy atom. The van der Waals surface area contributed by atoms with Crippen molar-refractivity contribution in [2.45, 2.75) is 10.8 Å². The van der Waals surface area contributed by atoms with E-state index in [1.54, 1.807) is 12.3 Å². The number of benzene rings is 1. The molecule has 0 N–H and O–H groups in total. The number of hydrogen-bond donors (Lipinski definition) is 0. The normalized spacial score (nSPS) is 10.1. The first-order chi connectivity index (χ1) is 8.69. The van der Waals surface area contributed by atoms with Crippen molar-refractivity contribution in [1.82, 2.24) is 4.98 Å². The fourth-order valence-electron chi connectivity index (χ4n) is 1.35. The van der Waals surface area contributed by atoms with Gasteiger partial charge in [-0.2, -0.15) is 5.26 Å². The Morgan fingerprint density at radius 2 is 2.17 bits per heavy atom. The minimum atomic E-state index is -0.293. The molecule has 0 saturated carbocycles. The van der Waals surface area contributed by atoms with Crippen molar-refractivity contribution in [1.29, 1.82) is 5.26 Å². The minimum Gasteiger partial charge on any atom is -0.249 e. The second-order valence-electron chi connectivity index (χ2n) is 3.52. The maximum Gasteiger partial charge on any atom is 0.127 e. The SMILES string of the molecule is N#Cc1ccc(F)c(CSc2ccc(Br)cn2)c1. The van der Waals surface area contributed by atoms with Gasteiger partial charge in [-0.05, 0) is 51.8 Å². The predicted molar refractivity (Wildman–Crippen MR) is 72.6 cm³/mol. The van der Waals surface area contributed by atoms with Gasteiger partial charge >= 0.3 is 0 Å². The molecule has 2 nitrogen and oxygen atoms in total. The third kappa shape index (κ3) is 3.31. The molecule has 1 aromatic heterocycles. The lowest BCUT2D eigenvalue weighted by Gasteiger charge is -2.03. The Hall–Kier alpha value is -1.38. The number of thioether (sulfide) groups is 1. The summed E-state index contributed by atoms with van der Waals surface area (Å²) in [5.74, 6) is 0.161. The first-order valence-electron chi connectivity index (χ1n) is 5.12. The number of pyridine rings is 1. The van der Waals surface area contributed by atoms with Gasteiger partial charge in [0, 0.05) is 16.4 Å². The largest absolute Gasteiger partial charge is 0.249 e. The highest BCUT2D eigenvalue weighted by molar-refractivity contribution is 9.10. The van der Waals surface area contributed by atoms with E-state index < -0.39 is 0 Å². The number of rotatable bonds is 3. The molecule has 2 rings (SSSR count). The van der Waals surface area contributed by atoms with Gasteiger partial charge in [-0.25, -0.2) is 9.37 Å². The molecule has 0 aliphatic carbocycles. The highest BCUT2D eigenvalue weighted by Crippen LogP contribution is 2.23. The quantitative estimate of drug-likeness (QED) is 0.796. The van der Waals surface area contributed by atoms with Crippen LogP contribution in [0.4, 0.5) is 4.39 Å². The topological polar surface area (TPSA) is 36.7 Å². The fourth-order valence-corrected chi connectivity index (χ4v) is 2.40. The van der Waals surface area contributed by atoms with Crippen LogP contribution in [0.15, 0.2) is 46.0 Å². The summed E-state index contributed by atoms with van der Waals surface area (Å²) in [5, 5.41) is 9.59. The van der Waals surface area contributed by atoms with Crippen LogP contribution < -0.4 is 0 Å². The van der Waals surface area contributed by atoms with Crippen LogP contribution in [0.2, 0.25) is 0 Å². The van der Waals surface area contributed by atoms with Gasteiger partial charge in [0.1, 0.15) is 5.82 Å². The summed E-state index contributed by atoms with van der Waals surface area (Å²) >= 11 is 4.74. The third-order valence-corrected chi connectivity index (χ3v) is 3.71. The van der Waals surface area contributed by atoms with Gasteiger partial charge < -0.3 is 0 Å². The van der Waals surface area contributed by atoms with Gasteiger partial charge in [0.25, 0.3) is 0 Å². The van der Waals surface area contributed by atoms with Crippen LogP contribution in [0.5, 0.6) is 0 Å². The minimum absolute atomic E-state index is 0.293. The Morgan fingerprint density at radius 1 is 1.33 bits per heavy atom. The van der Waals surface area contributed by atoms with E-state index in [4.69, 9.17) is 5.26 Å². The number of nitriles is 1. The van der Waals surface area contributed by atoms with Crippen LogP contribution in [0.1, 0.15) is 11.1 Å². The van der Waals surface area contributed by atoms with Crippen molar-refractivity contribution < 1.29 is 4.39 Å². The number of halogens is 2. The van der Waals surface area contributed by atoms with Gasteiger partial charge in [0.2, 0.25) is 0 Å². The Balaban J connectivity index is 2.10. The van der Waals surface area contributed by atoms with E-state index in [2.05, 4.69) is 20.9 Å². The van der Waals surface area contributed by atoms with Gasteiger partial charge in [0.05, 0.1) is 16.7 Å². The smallest absolute Gasteiger partial charge is 0.127 e. The molecule has 18 heavy (non-hydrogen) atoms.